The molecule has 1 amide bonds. The van der Waals surface area contributed by atoms with Gasteiger partial charge >= 0.3 is 0 Å². The quantitative estimate of drug-likeness (QED) is 0.882. The number of nitrogens with one attached hydrogen (secondary N) is 1. The monoisotopic (exact) mass is 367 g/mol. The second kappa shape index (κ2) is 6.79. The standard InChI is InChI=1S/C16H15BrFNO3/c1-9-6-11(18)4-5-12(9)19-16(20)10-7-13(21-2)15(17)14(8-10)22-3/h4-8H,1-3H3,(H,19,20). The summed E-state index contributed by atoms with van der Waals surface area (Å²) in [6.07, 6.45) is 0. The number of benzene rings is 2. The van der Waals surface area contributed by atoms with Crippen LogP contribution >= 0.6 is 15.9 Å². The number of anilines is 1. The minimum atomic E-state index is -0.345. The summed E-state index contributed by atoms with van der Waals surface area (Å²) in [5.41, 5.74) is 1.57. The van der Waals surface area contributed by atoms with Crippen LogP contribution in [0, 0.1) is 12.7 Å². The van der Waals surface area contributed by atoms with Crippen molar-refractivity contribution in [3.05, 3.63) is 51.7 Å². The van der Waals surface area contributed by atoms with Crippen molar-refractivity contribution in [2.75, 3.05) is 19.5 Å². The first-order valence-corrected chi connectivity index (χ1v) is 7.24. The van der Waals surface area contributed by atoms with Crippen LogP contribution in [0.1, 0.15) is 15.9 Å². The Morgan fingerprint density at radius 1 is 1.14 bits per heavy atom. The summed E-state index contributed by atoms with van der Waals surface area (Å²) < 4.78 is 24.2. The van der Waals surface area contributed by atoms with Gasteiger partial charge in [-0.25, -0.2) is 4.39 Å². The Labute approximate surface area is 136 Å². The van der Waals surface area contributed by atoms with Crippen LogP contribution in [0.5, 0.6) is 11.5 Å². The normalized spacial score (nSPS) is 10.2. The molecule has 0 aromatic heterocycles. The maximum atomic E-state index is 13.1. The lowest BCUT2D eigenvalue weighted by molar-refractivity contribution is 0.102. The molecule has 1 N–H and O–H groups in total. The lowest BCUT2D eigenvalue weighted by atomic mass is 10.1. The van der Waals surface area contributed by atoms with Crippen molar-refractivity contribution >= 4 is 27.5 Å². The van der Waals surface area contributed by atoms with Crippen molar-refractivity contribution in [3.63, 3.8) is 0 Å². The SMILES string of the molecule is COc1cc(C(=O)Nc2ccc(F)cc2C)cc(OC)c1Br. The van der Waals surface area contributed by atoms with Crippen molar-refractivity contribution in [1.82, 2.24) is 0 Å². The maximum absolute atomic E-state index is 13.1. The third-order valence-electron chi connectivity index (χ3n) is 3.14. The van der Waals surface area contributed by atoms with Gasteiger partial charge in [0.15, 0.2) is 0 Å². The van der Waals surface area contributed by atoms with Gasteiger partial charge in [0.2, 0.25) is 0 Å². The summed E-state index contributed by atoms with van der Waals surface area (Å²) in [6.45, 7) is 1.72. The second-order valence-electron chi connectivity index (χ2n) is 4.61. The van der Waals surface area contributed by atoms with Crippen molar-refractivity contribution in [3.8, 4) is 11.5 Å². The van der Waals surface area contributed by atoms with Gasteiger partial charge in [-0.2, -0.15) is 0 Å². The molecule has 0 atom stereocenters. The number of ether oxygens (including phenoxy) is 2. The number of halogens is 2. The number of methoxy groups -OCH3 is 2. The fraction of sp³-hybridized carbons (Fsp3) is 0.188. The number of hydrogen-bond acceptors (Lipinski definition) is 3. The zero-order chi connectivity index (χ0) is 16.3. The number of amides is 1. The fourth-order valence-electron chi connectivity index (χ4n) is 1.96. The smallest absolute Gasteiger partial charge is 0.255 e. The van der Waals surface area contributed by atoms with Gasteiger partial charge in [-0.05, 0) is 58.7 Å². The van der Waals surface area contributed by atoms with Crippen molar-refractivity contribution < 1.29 is 18.7 Å². The van der Waals surface area contributed by atoms with Gasteiger partial charge in [-0.15, -0.1) is 0 Å². The van der Waals surface area contributed by atoms with E-state index in [1.807, 2.05) is 0 Å². The molecule has 22 heavy (non-hydrogen) atoms. The molecule has 2 aromatic carbocycles. The molecule has 0 unspecified atom stereocenters. The van der Waals surface area contributed by atoms with Crippen molar-refractivity contribution in [2.24, 2.45) is 0 Å². The summed E-state index contributed by atoms with van der Waals surface area (Å²) in [7, 11) is 3.01. The molecule has 6 heteroatoms. The molecule has 2 aromatic rings. The first-order valence-electron chi connectivity index (χ1n) is 6.45. The average molecular weight is 368 g/mol. The predicted molar refractivity (Wildman–Crippen MR) is 86.3 cm³/mol. The van der Waals surface area contributed by atoms with E-state index in [-0.39, 0.29) is 11.7 Å². The molecule has 0 saturated heterocycles. The molecular formula is C16H15BrFNO3. The first-order chi connectivity index (χ1) is 10.5. The highest BCUT2D eigenvalue weighted by molar-refractivity contribution is 9.10. The minimum absolute atomic E-state index is 0.334. The van der Waals surface area contributed by atoms with Crippen LogP contribution in [-0.4, -0.2) is 20.1 Å². The van der Waals surface area contributed by atoms with Gasteiger partial charge in [0.1, 0.15) is 21.8 Å². The number of hydrogen-bond donors (Lipinski definition) is 1. The van der Waals surface area contributed by atoms with E-state index in [2.05, 4.69) is 21.2 Å². The van der Waals surface area contributed by atoms with Crippen LogP contribution in [0.15, 0.2) is 34.8 Å². The highest BCUT2D eigenvalue weighted by atomic mass is 79.9. The summed E-state index contributed by atoms with van der Waals surface area (Å²) in [4.78, 5) is 12.4. The molecule has 0 radical (unpaired) electrons. The Kier molecular flexibility index (Phi) is 5.03. The zero-order valence-electron chi connectivity index (χ0n) is 12.4. The van der Waals surface area contributed by atoms with Gasteiger partial charge in [0, 0.05) is 11.3 Å². The Balaban J connectivity index is 2.33. The lowest BCUT2D eigenvalue weighted by Gasteiger charge is -2.12. The Morgan fingerprint density at radius 3 is 2.23 bits per heavy atom. The van der Waals surface area contributed by atoms with Crippen molar-refractivity contribution in [1.29, 1.82) is 0 Å². The van der Waals surface area contributed by atoms with Crippen LogP contribution < -0.4 is 14.8 Å². The molecule has 0 fully saturated rings. The average Bonchev–Trinajstić information content (AvgIpc) is 2.50. The summed E-state index contributed by atoms with van der Waals surface area (Å²) in [6, 6.07) is 7.38. The van der Waals surface area contributed by atoms with E-state index in [4.69, 9.17) is 9.47 Å². The number of aryl methyl sites for hydroxylation is 1. The third-order valence-corrected chi connectivity index (χ3v) is 3.93. The van der Waals surface area contributed by atoms with Gasteiger partial charge < -0.3 is 14.8 Å². The molecule has 116 valence electrons. The highest BCUT2D eigenvalue weighted by Gasteiger charge is 2.15. The zero-order valence-corrected chi connectivity index (χ0v) is 14.0. The van der Waals surface area contributed by atoms with Gasteiger partial charge in [-0.3, -0.25) is 4.79 Å². The summed E-state index contributed by atoms with van der Waals surface area (Å²) >= 11 is 3.35. The summed E-state index contributed by atoms with van der Waals surface area (Å²) in [5.74, 6) is 0.293. The van der Waals surface area contributed by atoms with E-state index in [1.165, 1.54) is 32.4 Å². The van der Waals surface area contributed by atoms with Gasteiger partial charge in [0.25, 0.3) is 5.91 Å². The van der Waals surface area contributed by atoms with E-state index >= 15 is 0 Å². The van der Waals surface area contributed by atoms with E-state index < -0.39 is 0 Å². The fourth-order valence-corrected chi connectivity index (χ4v) is 2.51. The van der Waals surface area contributed by atoms with E-state index in [0.29, 0.717) is 32.8 Å². The minimum Gasteiger partial charge on any atom is -0.495 e. The Bertz CT molecular complexity index is 694. The molecule has 0 heterocycles. The van der Waals surface area contributed by atoms with E-state index in [1.54, 1.807) is 19.1 Å². The predicted octanol–water partition coefficient (Wildman–Crippen LogP) is 4.17. The van der Waals surface area contributed by atoms with Gasteiger partial charge in [-0.1, -0.05) is 0 Å². The van der Waals surface area contributed by atoms with E-state index in [9.17, 15) is 9.18 Å². The molecule has 0 spiro atoms. The van der Waals surface area contributed by atoms with Crippen LogP contribution in [0.2, 0.25) is 0 Å². The van der Waals surface area contributed by atoms with Crippen molar-refractivity contribution in [2.45, 2.75) is 6.92 Å². The number of carbonyl (C=O) groups is 1. The first kappa shape index (κ1) is 16.3. The van der Waals surface area contributed by atoms with Crippen LogP contribution in [0.4, 0.5) is 10.1 Å². The molecule has 0 aliphatic carbocycles. The molecule has 2 rings (SSSR count). The second-order valence-corrected chi connectivity index (χ2v) is 5.40. The largest absolute Gasteiger partial charge is 0.495 e. The van der Waals surface area contributed by atoms with Crippen LogP contribution in [0.3, 0.4) is 0 Å². The van der Waals surface area contributed by atoms with E-state index in [0.717, 1.165) is 0 Å². The topological polar surface area (TPSA) is 47.6 Å². The molecular weight excluding hydrogens is 353 g/mol. The van der Waals surface area contributed by atoms with Crippen LogP contribution in [0.25, 0.3) is 0 Å². The number of rotatable bonds is 4. The maximum Gasteiger partial charge on any atom is 0.255 e. The third kappa shape index (κ3) is 3.39. The lowest BCUT2D eigenvalue weighted by Crippen LogP contribution is -2.13. The number of carbonyl (C=O) groups excluding carboxylic acids is 1. The Hall–Kier alpha value is -2.08. The molecule has 0 aliphatic heterocycles. The highest BCUT2D eigenvalue weighted by Crippen LogP contribution is 2.35. The molecule has 0 saturated carbocycles. The summed E-state index contributed by atoms with van der Waals surface area (Å²) in [5, 5.41) is 2.74. The molecule has 4 nitrogen and oxygen atoms in total. The van der Waals surface area contributed by atoms with Crippen LogP contribution in [-0.2, 0) is 0 Å². The molecule has 0 bridgehead atoms. The van der Waals surface area contributed by atoms with Gasteiger partial charge in [0.05, 0.1) is 14.2 Å². The Morgan fingerprint density at radius 2 is 1.73 bits per heavy atom. The molecule has 0 aliphatic rings.